The van der Waals surface area contributed by atoms with Crippen molar-refractivity contribution in [1.29, 1.82) is 0 Å². The van der Waals surface area contributed by atoms with Crippen LogP contribution in [-0.4, -0.2) is 34.2 Å². The fourth-order valence-corrected chi connectivity index (χ4v) is 2.07. The highest BCUT2D eigenvalue weighted by Gasteiger charge is 2.33. The van der Waals surface area contributed by atoms with Crippen molar-refractivity contribution in [3.05, 3.63) is 23.3 Å². The van der Waals surface area contributed by atoms with Crippen LogP contribution in [0, 0.1) is 6.92 Å². The second kappa shape index (κ2) is 6.93. The van der Waals surface area contributed by atoms with E-state index in [1.807, 2.05) is 6.92 Å². The third-order valence-electron chi connectivity index (χ3n) is 3.27. The van der Waals surface area contributed by atoms with E-state index in [9.17, 15) is 18.0 Å². The first-order valence-corrected chi connectivity index (χ1v) is 7.20. The minimum atomic E-state index is -4.52. The number of carbonyl (C=O) groups excluding carboxylic acids is 1. The van der Waals surface area contributed by atoms with Crippen molar-refractivity contribution in [3.63, 3.8) is 0 Å². The van der Waals surface area contributed by atoms with Gasteiger partial charge in [0.15, 0.2) is 0 Å². The molecule has 1 amide bonds. The normalized spacial score (nSPS) is 17.6. The Morgan fingerprint density at radius 2 is 2.17 bits per heavy atom. The number of aryl methyl sites for hydroxylation is 1. The molecule has 1 aromatic heterocycles. The number of amides is 1. The quantitative estimate of drug-likeness (QED) is 0.896. The van der Waals surface area contributed by atoms with Crippen LogP contribution in [0.3, 0.4) is 0 Å². The Morgan fingerprint density at radius 3 is 2.78 bits per heavy atom. The van der Waals surface area contributed by atoms with E-state index in [-0.39, 0.29) is 30.4 Å². The van der Waals surface area contributed by atoms with Gasteiger partial charge in [0.05, 0.1) is 5.71 Å². The van der Waals surface area contributed by atoms with Gasteiger partial charge in [-0.1, -0.05) is 12.1 Å². The summed E-state index contributed by atoms with van der Waals surface area (Å²) in [4.78, 5) is 24.3. The average molecular weight is 330 g/mol. The molecule has 0 aromatic carbocycles. The van der Waals surface area contributed by atoms with E-state index in [1.54, 1.807) is 0 Å². The lowest BCUT2D eigenvalue weighted by Gasteiger charge is -2.11. The largest absolute Gasteiger partial charge is 0.433 e. The molecular formula is C14H17F3N4O2. The summed E-state index contributed by atoms with van der Waals surface area (Å²) in [6.45, 7) is 3.51. The minimum Gasteiger partial charge on any atom is -0.382 e. The van der Waals surface area contributed by atoms with E-state index in [0.29, 0.717) is 12.8 Å². The van der Waals surface area contributed by atoms with Crippen LogP contribution < -0.4 is 5.32 Å². The van der Waals surface area contributed by atoms with Crippen LogP contribution in [-0.2, 0) is 22.2 Å². The maximum Gasteiger partial charge on any atom is 0.433 e. The first-order valence-electron chi connectivity index (χ1n) is 7.20. The summed E-state index contributed by atoms with van der Waals surface area (Å²) in [6, 6.07) is 0.887. The van der Waals surface area contributed by atoms with Gasteiger partial charge in [-0.15, -0.1) is 0 Å². The summed E-state index contributed by atoms with van der Waals surface area (Å²) < 4.78 is 38.1. The van der Waals surface area contributed by atoms with Gasteiger partial charge >= 0.3 is 6.18 Å². The van der Waals surface area contributed by atoms with Gasteiger partial charge in [-0.3, -0.25) is 4.79 Å². The Kier molecular flexibility index (Phi) is 5.17. The molecule has 0 radical (unpaired) electrons. The zero-order valence-corrected chi connectivity index (χ0v) is 12.8. The Balaban J connectivity index is 1.87. The number of hydrogen-bond donors (Lipinski definition) is 1. The zero-order chi connectivity index (χ0) is 17.0. The highest BCUT2D eigenvalue weighted by Crippen LogP contribution is 2.27. The van der Waals surface area contributed by atoms with Crippen molar-refractivity contribution < 1.29 is 22.8 Å². The molecule has 6 nitrogen and oxygen atoms in total. The van der Waals surface area contributed by atoms with Gasteiger partial charge in [0.2, 0.25) is 6.10 Å². The monoisotopic (exact) mass is 330 g/mol. The molecule has 2 heterocycles. The van der Waals surface area contributed by atoms with Crippen LogP contribution in [0.5, 0.6) is 0 Å². The van der Waals surface area contributed by atoms with E-state index in [2.05, 4.69) is 20.4 Å². The molecule has 0 bridgehead atoms. The molecule has 0 aliphatic carbocycles. The number of nitrogens with one attached hydrogen (secondary N) is 1. The number of alkyl halides is 3. The van der Waals surface area contributed by atoms with Crippen molar-refractivity contribution >= 4 is 11.6 Å². The lowest BCUT2D eigenvalue weighted by molar-refractivity contribution is -0.141. The van der Waals surface area contributed by atoms with E-state index in [0.717, 1.165) is 11.8 Å². The Hall–Kier alpha value is -2.19. The molecule has 1 aromatic rings. The molecule has 23 heavy (non-hydrogen) atoms. The number of rotatable bonds is 5. The molecule has 1 atom stereocenters. The molecule has 0 saturated heterocycles. The number of halogens is 3. The number of aromatic nitrogens is 2. The molecule has 1 aliphatic rings. The van der Waals surface area contributed by atoms with Crippen molar-refractivity contribution in [2.45, 2.75) is 45.4 Å². The van der Waals surface area contributed by atoms with Gasteiger partial charge < -0.3 is 10.2 Å². The predicted molar refractivity (Wildman–Crippen MR) is 75.7 cm³/mol. The lowest BCUT2D eigenvalue weighted by atomic mass is 10.1. The molecule has 1 aliphatic heterocycles. The number of carbonyl (C=O) groups is 1. The predicted octanol–water partition coefficient (Wildman–Crippen LogP) is 2.02. The SMILES string of the molecule is CCC1=NOC(C(=O)NCCc2nc(C)cc(C(F)(F)F)n2)C1. The second-order valence-electron chi connectivity index (χ2n) is 5.16. The number of oxime groups is 1. The Labute approximate surface area is 131 Å². The summed E-state index contributed by atoms with van der Waals surface area (Å²) in [7, 11) is 0. The fourth-order valence-electron chi connectivity index (χ4n) is 2.07. The summed E-state index contributed by atoms with van der Waals surface area (Å²) in [5.74, 6) is -0.309. The molecule has 0 saturated carbocycles. The fraction of sp³-hybridized carbons (Fsp3) is 0.571. The molecule has 1 unspecified atom stereocenters. The maximum atomic E-state index is 12.7. The highest BCUT2D eigenvalue weighted by molar-refractivity contribution is 5.92. The number of nitrogens with zero attached hydrogens (tertiary/aromatic N) is 3. The molecule has 126 valence electrons. The molecule has 0 fully saturated rings. The smallest absolute Gasteiger partial charge is 0.382 e. The van der Waals surface area contributed by atoms with Gasteiger partial charge in [0.25, 0.3) is 5.91 Å². The third-order valence-corrected chi connectivity index (χ3v) is 3.27. The Morgan fingerprint density at radius 1 is 1.43 bits per heavy atom. The minimum absolute atomic E-state index is 0.0375. The van der Waals surface area contributed by atoms with Crippen LogP contribution in [0.25, 0.3) is 0 Å². The van der Waals surface area contributed by atoms with Crippen molar-refractivity contribution in [2.75, 3.05) is 6.54 Å². The van der Waals surface area contributed by atoms with Crippen molar-refractivity contribution in [3.8, 4) is 0 Å². The lowest BCUT2D eigenvalue weighted by Crippen LogP contribution is -2.36. The standard InChI is InChI=1S/C14H17F3N4O2/c1-3-9-7-10(23-21-9)13(22)18-5-4-12-19-8(2)6-11(20-12)14(15,16)17/h6,10H,3-5,7H2,1-2H3,(H,18,22). The summed E-state index contributed by atoms with van der Waals surface area (Å²) in [5, 5.41) is 6.38. The molecule has 2 rings (SSSR count). The summed E-state index contributed by atoms with van der Waals surface area (Å²) in [5.41, 5.74) is 0.0576. The maximum absolute atomic E-state index is 12.7. The van der Waals surface area contributed by atoms with Crippen molar-refractivity contribution in [1.82, 2.24) is 15.3 Å². The zero-order valence-electron chi connectivity index (χ0n) is 12.8. The van der Waals surface area contributed by atoms with Crippen LogP contribution in [0.15, 0.2) is 11.2 Å². The third kappa shape index (κ3) is 4.64. The van der Waals surface area contributed by atoms with E-state index in [4.69, 9.17) is 4.84 Å². The van der Waals surface area contributed by atoms with Crippen molar-refractivity contribution in [2.24, 2.45) is 5.16 Å². The topological polar surface area (TPSA) is 76.5 Å². The van der Waals surface area contributed by atoms with Crippen LogP contribution in [0.1, 0.15) is 37.0 Å². The average Bonchev–Trinajstić information content (AvgIpc) is 2.94. The summed E-state index contributed by atoms with van der Waals surface area (Å²) in [6.07, 6.45) is -3.95. The Bertz CT molecular complexity index is 617. The highest BCUT2D eigenvalue weighted by atomic mass is 19.4. The molecule has 9 heteroatoms. The first-order chi connectivity index (χ1) is 10.8. The van der Waals surface area contributed by atoms with Gasteiger partial charge in [0.1, 0.15) is 11.5 Å². The van der Waals surface area contributed by atoms with E-state index in [1.165, 1.54) is 6.92 Å². The van der Waals surface area contributed by atoms with Gasteiger partial charge in [0, 0.05) is 25.1 Å². The number of hydrogen-bond acceptors (Lipinski definition) is 5. The van der Waals surface area contributed by atoms with Crippen LogP contribution in [0.2, 0.25) is 0 Å². The van der Waals surface area contributed by atoms with Crippen LogP contribution >= 0.6 is 0 Å². The van der Waals surface area contributed by atoms with Gasteiger partial charge in [-0.25, -0.2) is 9.97 Å². The van der Waals surface area contributed by atoms with Gasteiger partial charge in [-0.2, -0.15) is 13.2 Å². The molecular weight excluding hydrogens is 313 g/mol. The van der Waals surface area contributed by atoms with E-state index < -0.39 is 18.0 Å². The second-order valence-corrected chi connectivity index (χ2v) is 5.16. The van der Waals surface area contributed by atoms with Crippen LogP contribution in [0.4, 0.5) is 13.2 Å². The van der Waals surface area contributed by atoms with Gasteiger partial charge in [-0.05, 0) is 19.4 Å². The van der Waals surface area contributed by atoms with E-state index >= 15 is 0 Å². The molecule has 1 N–H and O–H groups in total. The molecule has 0 spiro atoms. The summed E-state index contributed by atoms with van der Waals surface area (Å²) >= 11 is 0. The first kappa shape index (κ1) is 17.2.